The highest BCUT2D eigenvalue weighted by molar-refractivity contribution is 7.84. The van der Waals surface area contributed by atoms with Gasteiger partial charge in [0.15, 0.2) is 5.69 Å². The van der Waals surface area contributed by atoms with Crippen LogP contribution in [0.2, 0.25) is 0 Å². The lowest BCUT2D eigenvalue weighted by molar-refractivity contribution is 0.0595. The number of carbonyl (C=O) groups excluding carboxylic acids is 1. The van der Waals surface area contributed by atoms with Crippen LogP contribution in [0.4, 0.5) is 5.82 Å². The number of hydrogen-bond acceptors (Lipinski definition) is 5. The third kappa shape index (κ3) is 3.06. The van der Waals surface area contributed by atoms with E-state index in [2.05, 4.69) is 9.72 Å². The van der Waals surface area contributed by atoms with Crippen LogP contribution in [0.3, 0.4) is 0 Å². The minimum atomic E-state index is -0.908. The van der Waals surface area contributed by atoms with Gasteiger partial charge in [0.1, 0.15) is 11.6 Å². The Morgan fingerprint density at radius 3 is 2.71 bits per heavy atom. The number of nitrogens with two attached hydrogens (primary N) is 1. The van der Waals surface area contributed by atoms with Crippen molar-refractivity contribution in [2.75, 3.05) is 24.9 Å². The van der Waals surface area contributed by atoms with Crippen LogP contribution in [0.1, 0.15) is 23.2 Å². The van der Waals surface area contributed by atoms with Crippen molar-refractivity contribution in [2.24, 2.45) is 0 Å². The second-order valence-electron chi connectivity index (χ2n) is 3.54. The lowest BCUT2D eigenvalue weighted by atomic mass is 10.4. The number of rotatable bonds is 5. The van der Waals surface area contributed by atoms with Gasteiger partial charge < -0.3 is 15.0 Å². The third-order valence-corrected chi connectivity index (χ3v) is 3.14. The Morgan fingerprint density at radius 2 is 2.24 bits per heavy atom. The van der Waals surface area contributed by atoms with Gasteiger partial charge in [0.25, 0.3) is 0 Å². The second-order valence-corrected chi connectivity index (χ2v) is 5.09. The molecule has 0 fully saturated rings. The highest BCUT2D eigenvalue weighted by atomic mass is 32.2. The van der Waals surface area contributed by atoms with Crippen molar-refractivity contribution in [3.05, 3.63) is 11.5 Å². The average Bonchev–Trinajstić information content (AvgIpc) is 2.62. The molecule has 7 heteroatoms. The van der Waals surface area contributed by atoms with E-state index in [1.165, 1.54) is 7.11 Å². The van der Waals surface area contributed by atoms with E-state index in [0.717, 1.165) is 0 Å². The SMILES string of the molecule is CCc1nc(C(=O)OC)c(N)n1CCS(C)=O. The normalized spacial score (nSPS) is 12.4. The second kappa shape index (κ2) is 5.81. The highest BCUT2D eigenvalue weighted by Gasteiger charge is 2.20. The lowest BCUT2D eigenvalue weighted by Crippen LogP contribution is -2.13. The van der Waals surface area contributed by atoms with Crippen LogP contribution in [-0.2, 0) is 28.5 Å². The van der Waals surface area contributed by atoms with E-state index in [0.29, 0.717) is 24.5 Å². The first kappa shape index (κ1) is 13.7. The zero-order chi connectivity index (χ0) is 13.0. The van der Waals surface area contributed by atoms with Crippen molar-refractivity contribution >= 4 is 22.6 Å². The van der Waals surface area contributed by atoms with Crippen LogP contribution in [0, 0.1) is 0 Å². The van der Waals surface area contributed by atoms with Crippen LogP contribution in [0.15, 0.2) is 0 Å². The van der Waals surface area contributed by atoms with Gasteiger partial charge in [-0.15, -0.1) is 0 Å². The van der Waals surface area contributed by atoms with Crippen LogP contribution in [-0.4, -0.2) is 38.8 Å². The molecule has 2 N–H and O–H groups in total. The Labute approximate surface area is 103 Å². The molecule has 96 valence electrons. The van der Waals surface area contributed by atoms with Crippen LogP contribution < -0.4 is 5.73 Å². The number of esters is 1. The maximum Gasteiger partial charge on any atom is 0.360 e. The summed E-state index contributed by atoms with van der Waals surface area (Å²) in [4.78, 5) is 15.6. The van der Waals surface area contributed by atoms with Crippen LogP contribution in [0.25, 0.3) is 0 Å². The fourth-order valence-corrected chi connectivity index (χ4v) is 1.94. The number of nitrogen functional groups attached to an aromatic ring is 1. The summed E-state index contributed by atoms with van der Waals surface area (Å²) in [6.07, 6.45) is 2.28. The van der Waals surface area contributed by atoms with Crippen molar-refractivity contribution in [1.29, 1.82) is 0 Å². The smallest absolute Gasteiger partial charge is 0.360 e. The van der Waals surface area contributed by atoms with E-state index in [1.807, 2.05) is 6.92 Å². The maximum absolute atomic E-state index is 11.4. The zero-order valence-corrected chi connectivity index (χ0v) is 11.0. The number of anilines is 1. The summed E-state index contributed by atoms with van der Waals surface area (Å²) in [5.74, 6) is 0.912. The highest BCUT2D eigenvalue weighted by Crippen LogP contribution is 2.16. The van der Waals surface area contributed by atoms with Crippen LogP contribution in [0.5, 0.6) is 0 Å². The molecule has 0 aliphatic heterocycles. The molecule has 1 unspecified atom stereocenters. The molecule has 1 atom stereocenters. The molecule has 1 heterocycles. The van der Waals surface area contributed by atoms with Gasteiger partial charge in [-0.1, -0.05) is 6.92 Å². The van der Waals surface area contributed by atoms with Gasteiger partial charge in [-0.05, 0) is 0 Å². The number of imidazole rings is 1. The predicted molar refractivity (Wildman–Crippen MR) is 66.3 cm³/mol. The van der Waals surface area contributed by atoms with Crippen molar-refractivity contribution in [1.82, 2.24) is 9.55 Å². The standard InChI is InChI=1S/C10H17N3O3S/c1-4-7-12-8(10(14)16-2)9(11)13(7)5-6-17(3)15/h4-6,11H2,1-3H3. The molecule has 0 saturated heterocycles. The fraction of sp³-hybridized carbons (Fsp3) is 0.600. The van der Waals surface area contributed by atoms with Crippen molar-refractivity contribution < 1.29 is 13.7 Å². The van der Waals surface area contributed by atoms with E-state index >= 15 is 0 Å². The molecule has 0 radical (unpaired) electrons. The number of carbonyl (C=O) groups is 1. The summed E-state index contributed by atoms with van der Waals surface area (Å²) in [5.41, 5.74) is 5.97. The Morgan fingerprint density at radius 1 is 1.59 bits per heavy atom. The molecule has 0 aliphatic rings. The summed E-state index contributed by atoms with van der Waals surface area (Å²) in [6, 6.07) is 0. The van der Waals surface area contributed by atoms with Gasteiger partial charge in [-0.25, -0.2) is 9.78 Å². The Balaban J connectivity index is 3.06. The van der Waals surface area contributed by atoms with Gasteiger partial charge in [0, 0.05) is 35.8 Å². The monoisotopic (exact) mass is 259 g/mol. The number of hydrogen-bond donors (Lipinski definition) is 1. The van der Waals surface area contributed by atoms with Gasteiger partial charge in [-0.2, -0.15) is 0 Å². The van der Waals surface area contributed by atoms with E-state index in [-0.39, 0.29) is 11.5 Å². The van der Waals surface area contributed by atoms with Crippen molar-refractivity contribution in [3.8, 4) is 0 Å². The quantitative estimate of drug-likeness (QED) is 0.763. The summed E-state index contributed by atoms with van der Waals surface area (Å²) >= 11 is 0. The molecule has 0 saturated carbocycles. The zero-order valence-electron chi connectivity index (χ0n) is 10.2. The molecular formula is C10H17N3O3S. The van der Waals surface area contributed by atoms with Crippen LogP contribution >= 0.6 is 0 Å². The largest absolute Gasteiger partial charge is 0.464 e. The number of aromatic nitrogens is 2. The minimum absolute atomic E-state index is 0.131. The van der Waals surface area contributed by atoms with Crippen molar-refractivity contribution in [3.63, 3.8) is 0 Å². The van der Waals surface area contributed by atoms with E-state index < -0.39 is 16.8 Å². The molecule has 0 aromatic carbocycles. The summed E-state index contributed by atoms with van der Waals surface area (Å²) in [5, 5.41) is 0. The predicted octanol–water partition coefficient (Wildman–Crippen LogP) is 0.193. The van der Waals surface area contributed by atoms with E-state index in [4.69, 9.17) is 5.73 Å². The Kier molecular flexibility index (Phi) is 4.68. The first-order valence-corrected chi connectivity index (χ1v) is 6.97. The maximum atomic E-state index is 11.4. The number of methoxy groups -OCH3 is 1. The molecule has 0 aliphatic carbocycles. The molecule has 1 aromatic rings. The van der Waals surface area contributed by atoms with Gasteiger partial charge in [-0.3, -0.25) is 4.21 Å². The molecule has 1 aromatic heterocycles. The molecule has 0 spiro atoms. The Hall–Kier alpha value is -1.37. The number of aryl methyl sites for hydroxylation is 1. The fourth-order valence-electron chi connectivity index (χ4n) is 1.50. The molecular weight excluding hydrogens is 242 g/mol. The molecule has 6 nitrogen and oxygen atoms in total. The topological polar surface area (TPSA) is 87.2 Å². The number of ether oxygens (including phenoxy) is 1. The average molecular weight is 259 g/mol. The van der Waals surface area contributed by atoms with E-state index in [1.54, 1.807) is 10.8 Å². The minimum Gasteiger partial charge on any atom is -0.464 e. The van der Waals surface area contributed by atoms with Crippen molar-refractivity contribution in [2.45, 2.75) is 19.9 Å². The molecule has 17 heavy (non-hydrogen) atoms. The molecule has 0 amide bonds. The first-order chi connectivity index (χ1) is 8.01. The molecule has 0 bridgehead atoms. The lowest BCUT2D eigenvalue weighted by Gasteiger charge is -2.07. The van der Waals surface area contributed by atoms with Gasteiger partial charge in [0.2, 0.25) is 0 Å². The summed E-state index contributed by atoms with van der Waals surface area (Å²) in [6.45, 7) is 2.41. The summed E-state index contributed by atoms with van der Waals surface area (Å²) in [7, 11) is 0.377. The van der Waals surface area contributed by atoms with Gasteiger partial charge >= 0.3 is 5.97 Å². The number of nitrogens with zero attached hydrogens (tertiary/aromatic N) is 2. The third-order valence-electron chi connectivity index (χ3n) is 2.38. The Bertz CT molecular complexity index is 442. The van der Waals surface area contributed by atoms with Gasteiger partial charge in [0.05, 0.1) is 7.11 Å². The first-order valence-electron chi connectivity index (χ1n) is 5.24. The summed E-state index contributed by atoms with van der Waals surface area (Å²) < 4.78 is 17.4. The van der Waals surface area contributed by atoms with E-state index in [9.17, 15) is 9.00 Å². The molecule has 1 rings (SSSR count).